The molecule has 1 aromatic rings. The molecule has 94 valence electrons. The van der Waals surface area contributed by atoms with E-state index in [4.69, 9.17) is 19.7 Å². The van der Waals surface area contributed by atoms with Crippen molar-refractivity contribution in [2.24, 2.45) is 0 Å². The molecule has 17 heavy (non-hydrogen) atoms. The van der Waals surface area contributed by atoms with Gasteiger partial charge >= 0.3 is 5.97 Å². The number of benzene rings is 1. The lowest BCUT2D eigenvalue weighted by molar-refractivity contribution is -0.145. The Morgan fingerprint density at radius 2 is 2.18 bits per heavy atom. The summed E-state index contributed by atoms with van der Waals surface area (Å²) in [5, 5.41) is 17.9. The fraction of sp³-hybridized carbons (Fsp3) is 0.417. The molecular weight excluding hydrogens is 224 g/mol. The summed E-state index contributed by atoms with van der Waals surface area (Å²) in [5.74, 6) is -0.115. The fourth-order valence-corrected chi connectivity index (χ4v) is 1.40. The van der Waals surface area contributed by atoms with Crippen LogP contribution in [-0.4, -0.2) is 29.4 Å². The minimum absolute atomic E-state index is 0.139. The lowest BCUT2D eigenvalue weighted by Gasteiger charge is -2.14. The molecule has 0 saturated heterocycles. The van der Waals surface area contributed by atoms with Gasteiger partial charge in [0, 0.05) is 11.6 Å². The van der Waals surface area contributed by atoms with E-state index in [0.717, 1.165) is 0 Å². The number of hydrogen-bond donors (Lipinski definition) is 2. The highest BCUT2D eigenvalue weighted by Gasteiger charge is 2.17. The zero-order chi connectivity index (χ0) is 12.8. The summed E-state index contributed by atoms with van der Waals surface area (Å²) in [7, 11) is 1.48. The van der Waals surface area contributed by atoms with Crippen molar-refractivity contribution in [1.29, 1.82) is 0 Å². The zero-order valence-corrected chi connectivity index (χ0v) is 9.84. The van der Waals surface area contributed by atoms with E-state index in [9.17, 15) is 4.79 Å². The Bertz CT molecular complexity index is 388. The Labute approximate surface area is 99.6 Å². The van der Waals surface area contributed by atoms with Gasteiger partial charge in [0.1, 0.15) is 11.5 Å². The summed E-state index contributed by atoms with van der Waals surface area (Å²) in [4.78, 5) is 10.8. The molecule has 5 nitrogen and oxygen atoms in total. The van der Waals surface area contributed by atoms with Gasteiger partial charge in [0.25, 0.3) is 0 Å². The summed E-state index contributed by atoms with van der Waals surface area (Å²) in [6, 6.07) is 4.82. The Kier molecular flexibility index (Phi) is 4.78. The Hall–Kier alpha value is -1.75. The van der Waals surface area contributed by atoms with Gasteiger partial charge in [-0.05, 0) is 18.6 Å². The highest BCUT2D eigenvalue weighted by molar-refractivity contribution is 5.72. The molecule has 5 heteroatoms. The van der Waals surface area contributed by atoms with Gasteiger partial charge in [-0.1, -0.05) is 6.92 Å². The van der Waals surface area contributed by atoms with Crippen molar-refractivity contribution in [2.45, 2.75) is 26.1 Å². The molecule has 1 rings (SSSR count). The largest absolute Gasteiger partial charge is 0.496 e. The average molecular weight is 240 g/mol. The average Bonchev–Trinajstić information content (AvgIpc) is 2.35. The van der Waals surface area contributed by atoms with Gasteiger partial charge in [0.15, 0.2) is 6.10 Å². The monoisotopic (exact) mass is 240 g/mol. The normalized spacial score (nSPS) is 11.9. The highest BCUT2D eigenvalue weighted by Crippen LogP contribution is 2.25. The number of rotatable bonds is 6. The molecule has 0 aliphatic heterocycles. The Balaban J connectivity index is 2.88. The third-order valence-corrected chi connectivity index (χ3v) is 2.35. The first kappa shape index (κ1) is 13.3. The number of aliphatic hydroxyl groups excluding tert-OH is 1. The van der Waals surface area contributed by atoms with Crippen LogP contribution in [0.4, 0.5) is 0 Å². The maximum Gasteiger partial charge on any atom is 0.344 e. The molecule has 1 atom stereocenters. The van der Waals surface area contributed by atoms with E-state index >= 15 is 0 Å². The van der Waals surface area contributed by atoms with Gasteiger partial charge in [0.05, 0.1) is 13.7 Å². The van der Waals surface area contributed by atoms with Gasteiger partial charge in [-0.15, -0.1) is 0 Å². The van der Waals surface area contributed by atoms with Crippen LogP contribution in [-0.2, 0) is 11.4 Å². The van der Waals surface area contributed by atoms with Crippen LogP contribution in [0.5, 0.6) is 11.5 Å². The molecule has 0 heterocycles. The number of methoxy groups -OCH3 is 1. The maximum atomic E-state index is 10.8. The summed E-state index contributed by atoms with van der Waals surface area (Å²) >= 11 is 0. The molecule has 0 amide bonds. The van der Waals surface area contributed by atoms with E-state index in [-0.39, 0.29) is 6.61 Å². The standard InChI is InChI=1S/C12H16O5/c1-3-10(12(14)15)17-9-5-4-8(7-13)11(6-9)16-2/h4-6,10,13H,3,7H2,1-2H3,(H,14,15)/t10-/m0/s1. The number of carboxylic acid groups (broad SMARTS) is 1. The van der Waals surface area contributed by atoms with Gasteiger partial charge in [0.2, 0.25) is 0 Å². The van der Waals surface area contributed by atoms with Crippen molar-refractivity contribution in [1.82, 2.24) is 0 Å². The lowest BCUT2D eigenvalue weighted by Crippen LogP contribution is -2.25. The topological polar surface area (TPSA) is 76.0 Å². The molecule has 0 spiro atoms. The van der Waals surface area contributed by atoms with Crippen LogP contribution in [0.1, 0.15) is 18.9 Å². The van der Waals surface area contributed by atoms with Crippen molar-refractivity contribution >= 4 is 5.97 Å². The minimum atomic E-state index is -1.00. The van der Waals surface area contributed by atoms with Crippen LogP contribution in [0.2, 0.25) is 0 Å². The van der Waals surface area contributed by atoms with Crippen molar-refractivity contribution in [2.75, 3.05) is 7.11 Å². The molecule has 0 bridgehead atoms. The second-order valence-corrected chi connectivity index (χ2v) is 3.48. The molecule has 1 aromatic carbocycles. The predicted molar refractivity (Wildman–Crippen MR) is 61.3 cm³/mol. The van der Waals surface area contributed by atoms with Crippen LogP contribution in [0.3, 0.4) is 0 Å². The number of aliphatic carboxylic acids is 1. The minimum Gasteiger partial charge on any atom is -0.496 e. The molecule has 0 saturated carbocycles. The molecule has 0 radical (unpaired) electrons. The van der Waals surface area contributed by atoms with Gasteiger partial charge in [-0.3, -0.25) is 0 Å². The molecule has 2 N–H and O–H groups in total. The van der Waals surface area contributed by atoms with Gasteiger partial charge < -0.3 is 19.7 Å². The van der Waals surface area contributed by atoms with Crippen LogP contribution in [0.25, 0.3) is 0 Å². The Morgan fingerprint density at radius 1 is 1.47 bits per heavy atom. The number of carboxylic acids is 1. The van der Waals surface area contributed by atoms with Gasteiger partial charge in [-0.25, -0.2) is 4.79 Å². The number of hydrogen-bond acceptors (Lipinski definition) is 4. The first-order chi connectivity index (χ1) is 8.12. The van der Waals surface area contributed by atoms with Crippen LogP contribution in [0, 0.1) is 0 Å². The summed E-state index contributed by atoms with van der Waals surface area (Å²) in [5.41, 5.74) is 0.628. The second-order valence-electron chi connectivity index (χ2n) is 3.48. The molecule has 0 aliphatic rings. The molecule has 0 unspecified atom stereocenters. The predicted octanol–water partition coefficient (Wildman–Crippen LogP) is 1.43. The van der Waals surface area contributed by atoms with Crippen LogP contribution < -0.4 is 9.47 Å². The third-order valence-electron chi connectivity index (χ3n) is 2.35. The van der Waals surface area contributed by atoms with Crippen molar-refractivity contribution in [3.8, 4) is 11.5 Å². The smallest absolute Gasteiger partial charge is 0.344 e. The molecule has 0 fully saturated rings. The lowest BCUT2D eigenvalue weighted by atomic mass is 10.2. The summed E-state index contributed by atoms with van der Waals surface area (Å²) in [6.07, 6.45) is -0.501. The van der Waals surface area contributed by atoms with E-state index in [1.807, 2.05) is 0 Å². The Morgan fingerprint density at radius 3 is 2.65 bits per heavy atom. The number of aliphatic hydroxyl groups is 1. The maximum absolute atomic E-state index is 10.8. The fourth-order valence-electron chi connectivity index (χ4n) is 1.40. The van der Waals surface area contributed by atoms with E-state index in [0.29, 0.717) is 23.5 Å². The van der Waals surface area contributed by atoms with E-state index < -0.39 is 12.1 Å². The molecule has 0 aliphatic carbocycles. The third kappa shape index (κ3) is 3.35. The highest BCUT2D eigenvalue weighted by atomic mass is 16.5. The van der Waals surface area contributed by atoms with Crippen LogP contribution >= 0.6 is 0 Å². The van der Waals surface area contributed by atoms with Crippen molar-refractivity contribution < 1.29 is 24.5 Å². The number of carbonyl (C=O) groups is 1. The number of ether oxygens (including phenoxy) is 2. The van der Waals surface area contributed by atoms with Gasteiger partial charge in [-0.2, -0.15) is 0 Å². The summed E-state index contributed by atoms with van der Waals surface area (Å²) < 4.78 is 10.4. The zero-order valence-electron chi connectivity index (χ0n) is 9.84. The molecule has 0 aromatic heterocycles. The summed E-state index contributed by atoms with van der Waals surface area (Å²) in [6.45, 7) is 1.59. The SMILES string of the molecule is CC[C@H](Oc1ccc(CO)c(OC)c1)C(=O)O. The first-order valence-corrected chi connectivity index (χ1v) is 5.29. The van der Waals surface area contributed by atoms with Crippen LogP contribution in [0.15, 0.2) is 18.2 Å². The van der Waals surface area contributed by atoms with E-state index in [1.165, 1.54) is 7.11 Å². The molecular formula is C12H16O5. The quantitative estimate of drug-likeness (QED) is 0.786. The first-order valence-electron chi connectivity index (χ1n) is 5.29. The van der Waals surface area contributed by atoms with Crippen molar-refractivity contribution in [3.05, 3.63) is 23.8 Å². The van der Waals surface area contributed by atoms with Crippen molar-refractivity contribution in [3.63, 3.8) is 0 Å². The second kappa shape index (κ2) is 6.10. The van der Waals surface area contributed by atoms with E-state index in [1.54, 1.807) is 25.1 Å². The van der Waals surface area contributed by atoms with E-state index in [2.05, 4.69) is 0 Å².